The first kappa shape index (κ1) is 21.2. The number of hydrogen-bond acceptors (Lipinski definition) is 5. The van der Waals surface area contributed by atoms with Gasteiger partial charge in [0.2, 0.25) is 0 Å². The molecular weight excluding hydrogens is 334 g/mol. The van der Waals surface area contributed by atoms with Crippen molar-refractivity contribution in [2.45, 2.75) is 77.2 Å². The lowest BCUT2D eigenvalue weighted by Gasteiger charge is -2.31. The van der Waals surface area contributed by atoms with Gasteiger partial charge < -0.3 is 32.4 Å². The standard InChI is InChI=1S/C17H29NO5.ClH/c1-10(2)9-21-14-6-4-5-13(18)17(20)22-11(3)15(14)23-16(19)12-7-8-12;/h10-15H,4-9,18H2,1-3H3;1H/t11-,13-,14-,15-;/m0./s1. The monoisotopic (exact) mass is 363 g/mol. The summed E-state index contributed by atoms with van der Waals surface area (Å²) in [6, 6.07) is -0.374. The van der Waals surface area contributed by atoms with Crippen LogP contribution in [-0.2, 0) is 23.8 Å². The summed E-state index contributed by atoms with van der Waals surface area (Å²) in [4.78, 5) is 24.1. The van der Waals surface area contributed by atoms with Gasteiger partial charge in [-0.3, -0.25) is 4.79 Å². The van der Waals surface area contributed by atoms with Crippen LogP contribution in [0, 0.1) is 11.8 Å². The lowest BCUT2D eigenvalue weighted by molar-refractivity contribution is -0.410. The van der Waals surface area contributed by atoms with Gasteiger partial charge in [0.25, 0.3) is 0 Å². The van der Waals surface area contributed by atoms with Crippen molar-refractivity contribution in [1.29, 1.82) is 0 Å². The van der Waals surface area contributed by atoms with E-state index in [4.69, 9.17) is 14.2 Å². The minimum absolute atomic E-state index is 0. The molecule has 0 spiro atoms. The van der Waals surface area contributed by atoms with Gasteiger partial charge in [-0.15, -0.1) is 0 Å². The van der Waals surface area contributed by atoms with Gasteiger partial charge in [0.05, 0.1) is 12.0 Å². The third kappa shape index (κ3) is 6.22. The maximum atomic E-state index is 12.1. The Hall–Kier alpha value is -0.850. The van der Waals surface area contributed by atoms with E-state index in [-0.39, 0.29) is 42.4 Å². The fourth-order valence-electron chi connectivity index (χ4n) is 2.71. The van der Waals surface area contributed by atoms with E-state index < -0.39 is 12.2 Å². The molecule has 1 aliphatic heterocycles. The molecule has 2 fully saturated rings. The molecule has 6 nitrogen and oxygen atoms in total. The average Bonchev–Trinajstić information content (AvgIpc) is 3.31. The van der Waals surface area contributed by atoms with Crippen LogP contribution in [0.1, 0.15) is 52.9 Å². The van der Waals surface area contributed by atoms with E-state index in [1.807, 2.05) is 0 Å². The fraction of sp³-hybridized carbons (Fsp3) is 0.882. The van der Waals surface area contributed by atoms with Gasteiger partial charge in [0.15, 0.2) is 12.1 Å². The molecule has 0 amide bonds. The zero-order valence-corrected chi connectivity index (χ0v) is 15.6. The first-order valence-corrected chi connectivity index (χ1v) is 8.74. The van der Waals surface area contributed by atoms with Gasteiger partial charge in [-0.2, -0.15) is 0 Å². The summed E-state index contributed by atoms with van der Waals surface area (Å²) in [6.45, 7) is 6.52. The third-order valence-electron chi connectivity index (χ3n) is 4.31. The quantitative estimate of drug-likeness (QED) is 0.575. The predicted octanol–water partition coefficient (Wildman–Crippen LogP) is -1.92. The Kier molecular flexibility index (Phi) is 8.46. The van der Waals surface area contributed by atoms with Gasteiger partial charge >= 0.3 is 11.9 Å². The molecule has 0 aromatic rings. The summed E-state index contributed by atoms with van der Waals surface area (Å²) in [5.41, 5.74) is 3.86. The summed E-state index contributed by atoms with van der Waals surface area (Å²) in [6.07, 6.45) is 2.67. The van der Waals surface area contributed by atoms with E-state index in [0.717, 1.165) is 25.7 Å². The molecular formula is C17H30ClNO5. The molecule has 140 valence electrons. The molecule has 2 rings (SSSR count). The molecule has 2 aliphatic rings. The van der Waals surface area contributed by atoms with Crippen LogP contribution in [-0.4, -0.2) is 42.9 Å². The average molecular weight is 364 g/mol. The molecule has 0 aromatic carbocycles. The Morgan fingerprint density at radius 3 is 2.54 bits per heavy atom. The van der Waals surface area contributed by atoms with Crippen LogP contribution in [0.25, 0.3) is 0 Å². The maximum absolute atomic E-state index is 12.1. The third-order valence-corrected chi connectivity index (χ3v) is 4.31. The number of esters is 2. The van der Waals surface area contributed by atoms with E-state index in [1.54, 1.807) is 6.92 Å². The molecule has 0 aromatic heterocycles. The van der Waals surface area contributed by atoms with E-state index in [2.05, 4.69) is 19.6 Å². The zero-order valence-electron chi connectivity index (χ0n) is 14.8. The van der Waals surface area contributed by atoms with Crippen LogP contribution in [0.5, 0.6) is 0 Å². The second kappa shape index (κ2) is 9.59. The molecule has 4 atom stereocenters. The van der Waals surface area contributed by atoms with Crippen molar-refractivity contribution in [3.8, 4) is 0 Å². The molecule has 1 aliphatic carbocycles. The second-order valence-electron chi connectivity index (χ2n) is 7.21. The predicted molar refractivity (Wildman–Crippen MR) is 83.3 cm³/mol. The Balaban J connectivity index is 0.00000288. The highest BCUT2D eigenvalue weighted by molar-refractivity contribution is 5.75. The number of cyclic esters (lactones) is 1. The SMILES string of the molecule is CC(C)CO[C@H]1CCC[C@H]([NH3+])C(=O)O[C@@H](C)[C@@H]1OC(=O)C1CC1.[Cl-]. The van der Waals surface area contributed by atoms with Crippen molar-refractivity contribution in [3.63, 3.8) is 0 Å². The second-order valence-corrected chi connectivity index (χ2v) is 7.21. The minimum Gasteiger partial charge on any atom is -1.00 e. The topological polar surface area (TPSA) is 89.5 Å². The molecule has 0 radical (unpaired) electrons. The van der Waals surface area contributed by atoms with Crippen LogP contribution in [0.3, 0.4) is 0 Å². The van der Waals surface area contributed by atoms with Crippen LogP contribution in [0.15, 0.2) is 0 Å². The lowest BCUT2D eigenvalue weighted by Crippen LogP contribution is -3.00. The van der Waals surface area contributed by atoms with Crippen molar-refractivity contribution >= 4 is 11.9 Å². The van der Waals surface area contributed by atoms with Crippen molar-refractivity contribution in [2.75, 3.05) is 6.61 Å². The van der Waals surface area contributed by atoms with Crippen molar-refractivity contribution in [3.05, 3.63) is 0 Å². The molecule has 1 saturated carbocycles. The largest absolute Gasteiger partial charge is 1.00 e. The molecule has 1 heterocycles. The van der Waals surface area contributed by atoms with Crippen LogP contribution in [0.2, 0.25) is 0 Å². The van der Waals surface area contributed by atoms with Crippen LogP contribution >= 0.6 is 0 Å². The van der Waals surface area contributed by atoms with Gasteiger partial charge in [-0.05, 0) is 38.5 Å². The number of halogens is 1. The molecule has 24 heavy (non-hydrogen) atoms. The van der Waals surface area contributed by atoms with Crippen molar-refractivity contribution < 1.29 is 41.9 Å². The smallest absolute Gasteiger partial charge is 0.365 e. The van der Waals surface area contributed by atoms with E-state index in [9.17, 15) is 9.59 Å². The first-order valence-electron chi connectivity index (χ1n) is 8.74. The molecule has 7 heteroatoms. The Labute approximate surface area is 150 Å². The van der Waals surface area contributed by atoms with Gasteiger partial charge in [0, 0.05) is 13.0 Å². The zero-order chi connectivity index (χ0) is 17.0. The number of quaternary nitrogens is 1. The number of carbonyl (C=O) groups is 2. The molecule has 0 unspecified atom stereocenters. The number of carbonyl (C=O) groups excluding carboxylic acids is 2. The highest BCUT2D eigenvalue weighted by Crippen LogP contribution is 2.32. The summed E-state index contributed by atoms with van der Waals surface area (Å²) in [5.74, 6) is -0.117. The summed E-state index contributed by atoms with van der Waals surface area (Å²) in [7, 11) is 0. The van der Waals surface area contributed by atoms with Gasteiger partial charge in [0.1, 0.15) is 6.10 Å². The van der Waals surface area contributed by atoms with Crippen molar-refractivity contribution in [2.24, 2.45) is 11.8 Å². The Bertz CT molecular complexity index is 427. The highest BCUT2D eigenvalue weighted by atomic mass is 35.5. The van der Waals surface area contributed by atoms with E-state index in [0.29, 0.717) is 18.9 Å². The summed E-state index contributed by atoms with van der Waals surface area (Å²) in [5, 5.41) is 0. The molecule has 1 saturated heterocycles. The summed E-state index contributed by atoms with van der Waals surface area (Å²) < 4.78 is 17.2. The molecule has 3 N–H and O–H groups in total. The summed E-state index contributed by atoms with van der Waals surface area (Å²) >= 11 is 0. The van der Waals surface area contributed by atoms with Gasteiger partial charge in [-0.25, -0.2) is 4.79 Å². The Morgan fingerprint density at radius 2 is 1.96 bits per heavy atom. The van der Waals surface area contributed by atoms with E-state index >= 15 is 0 Å². The number of hydrogen-bond donors (Lipinski definition) is 1. The highest BCUT2D eigenvalue weighted by Gasteiger charge is 2.40. The van der Waals surface area contributed by atoms with Crippen molar-refractivity contribution in [1.82, 2.24) is 0 Å². The molecule has 0 bridgehead atoms. The normalized spacial score (nSPS) is 31.3. The fourth-order valence-corrected chi connectivity index (χ4v) is 2.71. The van der Waals surface area contributed by atoms with Crippen LogP contribution in [0.4, 0.5) is 0 Å². The van der Waals surface area contributed by atoms with Crippen LogP contribution < -0.4 is 18.1 Å². The minimum atomic E-state index is -0.545. The number of ether oxygens (including phenoxy) is 3. The van der Waals surface area contributed by atoms with Gasteiger partial charge in [-0.1, -0.05) is 13.8 Å². The lowest BCUT2D eigenvalue weighted by atomic mass is 10.0. The van der Waals surface area contributed by atoms with E-state index in [1.165, 1.54) is 0 Å². The first-order chi connectivity index (χ1) is 10.9. The maximum Gasteiger partial charge on any atom is 0.365 e. The number of rotatable bonds is 5. The Morgan fingerprint density at radius 1 is 1.29 bits per heavy atom.